The van der Waals surface area contributed by atoms with Gasteiger partial charge in [-0.1, -0.05) is 24.1 Å². The number of nitrogens with zero attached hydrogens (tertiary/aromatic N) is 2. The van der Waals surface area contributed by atoms with Gasteiger partial charge in [0.05, 0.1) is 5.69 Å². The Labute approximate surface area is 205 Å². The van der Waals surface area contributed by atoms with Crippen LogP contribution < -0.4 is 14.8 Å². The zero-order valence-corrected chi connectivity index (χ0v) is 20.1. The fraction of sp³-hybridized carbons (Fsp3) is 0.370. The fourth-order valence-corrected chi connectivity index (χ4v) is 4.88. The minimum Gasteiger partial charge on any atom is -0.507 e. The standard InChI is InChI=1S/C27H30ClN3O3/c1-18-5-2-3-11-31(18)12-4-10-29-27-15-20(19-6-9-25-26(14-19)34-17-33-25)13-23(30-27)22-16-21(28)7-8-24(22)32/h6-9,13-16,18,32H,2-5,10-12,17H2,1H3,(H,29,30). The van der Waals surface area contributed by atoms with Gasteiger partial charge >= 0.3 is 0 Å². The highest BCUT2D eigenvalue weighted by Crippen LogP contribution is 2.38. The number of likely N-dealkylation sites (tertiary alicyclic amines) is 1. The molecule has 1 aromatic heterocycles. The Morgan fingerprint density at radius 3 is 2.82 bits per heavy atom. The van der Waals surface area contributed by atoms with Crippen molar-refractivity contribution in [2.75, 3.05) is 31.7 Å². The molecule has 0 saturated carbocycles. The molecule has 2 aliphatic heterocycles. The number of piperidine rings is 1. The predicted molar refractivity (Wildman–Crippen MR) is 136 cm³/mol. The van der Waals surface area contributed by atoms with Crippen LogP contribution in [-0.4, -0.2) is 47.5 Å². The summed E-state index contributed by atoms with van der Waals surface area (Å²) >= 11 is 6.23. The Balaban J connectivity index is 1.40. The van der Waals surface area contributed by atoms with E-state index in [1.165, 1.54) is 25.8 Å². The molecule has 0 amide bonds. The van der Waals surface area contributed by atoms with Crippen LogP contribution in [0.25, 0.3) is 22.4 Å². The number of benzene rings is 2. The first-order valence-electron chi connectivity index (χ1n) is 12.0. The summed E-state index contributed by atoms with van der Waals surface area (Å²) in [5, 5.41) is 14.5. The highest BCUT2D eigenvalue weighted by atomic mass is 35.5. The van der Waals surface area contributed by atoms with Crippen molar-refractivity contribution in [3.8, 4) is 39.6 Å². The van der Waals surface area contributed by atoms with E-state index in [9.17, 15) is 5.11 Å². The van der Waals surface area contributed by atoms with Crippen LogP contribution in [0.5, 0.6) is 17.2 Å². The Morgan fingerprint density at radius 1 is 1.06 bits per heavy atom. The predicted octanol–water partition coefficient (Wildman–Crippen LogP) is 6.18. The lowest BCUT2D eigenvalue weighted by Crippen LogP contribution is -2.38. The lowest BCUT2D eigenvalue weighted by atomic mass is 10.0. The highest BCUT2D eigenvalue weighted by Gasteiger charge is 2.18. The second kappa shape index (κ2) is 10.1. The van der Waals surface area contributed by atoms with Gasteiger partial charge < -0.3 is 24.8 Å². The van der Waals surface area contributed by atoms with Crippen molar-refractivity contribution < 1.29 is 14.6 Å². The van der Waals surface area contributed by atoms with E-state index in [2.05, 4.69) is 17.1 Å². The van der Waals surface area contributed by atoms with E-state index in [4.69, 9.17) is 26.1 Å². The summed E-state index contributed by atoms with van der Waals surface area (Å²) in [6, 6.07) is 15.6. The van der Waals surface area contributed by atoms with Crippen LogP contribution in [0.2, 0.25) is 5.02 Å². The molecule has 2 N–H and O–H groups in total. The number of nitrogens with one attached hydrogen (secondary N) is 1. The molecule has 1 fully saturated rings. The molecule has 2 aromatic carbocycles. The molecule has 6 nitrogen and oxygen atoms in total. The Hall–Kier alpha value is -2.96. The van der Waals surface area contributed by atoms with Crippen molar-refractivity contribution in [1.82, 2.24) is 9.88 Å². The fourth-order valence-electron chi connectivity index (χ4n) is 4.70. The summed E-state index contributed by atoms with van der Waals surface area (Å²) in [6.07, 6.45) is 4.96. The molecule has 7 heteroatoms. The van der Waals surface area contributed by atoms with Gasteiger partial charge in [0.25, 0.3) is 0 Å². The first-order chi connectivity index (χ1) is 16.6. The lowest BCUT2D eigenvalue weighted by molar-refractivity contribution is 0.160. The van der Waals surface area contributed by atoms with Crippen LogP contribution >= 0.6 is 11.6 Å². The second-order valence-electron chi connectivity index (χ2n) is 9.02. The number of hydrogen-bond acceptors (Lipinski definition) is 6. The smallest absolute Gasteiger partial charge is 0.231 e. The number of hydrogen-bond donors (Lipinski definition) is 2. The van der Waals surface area contributed by atoms with Crippen molar-refractivity contribution in [3.63, 3.8) is 0 Å². The van der Waals surface area contributed by atoms with Crippen LogP contribution in [0.1, 0.15) is 32.6 Å². The number of ether oxygens (including phenoxy) is 2. The highest BCUT2D eigenvalue weighted by molar-refractivity contribution is 6.31. The molecule has 178 valence electrons. The molecule has 1 saturated heterocycles. The Morgan fingerprint density at radius 2 is 1.94 bits per heavy atom. The molecule has 1 unspecified atom stereocenters. The molecule has 0 spiro atoms. The Bertz CT molecular complexity index is 1170. The van der Waals surface area contributed by atoms with Gasteiger partial charge in [-0.2, -0.15) is 0 Å². The molecular weight excluding hydrogens is 450 g/mol. The molecular formula is C27H30ClN3O3. The third kappa shape index (κ3) is 5.08. The number of halogens is 1. The zero-order chi connectivity index (χ0) is 23.5. The largest absolute Gasteiger partial charge is 0.507 e. The van der Waals surface area contributed by atoms with Gasteiger partial charge in [-0.25, -0.2) is 4.98 Å². The van der Waals surface area contributed by atoms with Gasteiger partial charge in [0.2, 0.25) is 6.79 Å². The molecule has 34 heavy (non-hydrogen) atoms. The molecule has 2 aliphatic rings. The number of phenolic OH excluding ortho intramolecular Hbond substituents is 1. The number of anilines is 1. The lowest BCUT2D eigenvalue weighted by Gasteiger charge is -2.33. The van der Waals surface area contributed by atoms with Gasteiger partial charge in [-0.05, 0) is 86.3 Å². The number of aromatic hydroxyl groups is 1. The maximum absolute atomic E-state index is 10.5. The summed E-state index contributed by atoms with van der Waals surface area (Å²) in [5.74, 6) is 2.38. The minimum absolute atomic E-state index is 0.143. The van der Waals surface area contributed by atoms with E-state index in [1.54, 1.807) is 18.2 Å². The van der Waals surface area contributed by atoms with Gasteiger partial charge in [0.1, 0.15) is 11.6 Å². The van der Waals surface area contributed by atoms with E-state index in [0.717, 1.165) is 48.0 Å². The van der Waals surface area contributed by atoms with E-state index in [1.807, 2.05) is 30.3 Å². The summed E-state index contributed by atoms with van der Waals surface area (Å²) in [7, 11) is 0. The molecule has 0 radical (unpaired) electrons. The van der Waals surface area contributed by atoms with Gasteiger partial charge in [-0.3, -0.25) is 0 Å². The topological polar surface area (TPSA) is 66.9 Å². The van der Waals surface area contributed by atoms with E-state index < -0.39 is 0 Å². The Kier molecular flexibility index (Phi) is 6.79. The zero-order valence-electron chi connectivity index (χ0n) is 19.4. The quantitative estimate of drug-likeness (QED) is 0.394. The summed E-state index contributed by atoms with van der Waals surface area (Å²) in [6.45, 7) is 5.66. The summed E-state index contributed by atoms with van der Waals surface area (Å²) < 4.78 is 11.0. The van der Waals surface area contributed by atoms with Crippen LogP contribution in [-0.2, 0) is 0 Å². The van der Waals surface area contributed by atoms with E-state index in [0.29, 0.717) is 22.3 Å². The molecule has 0 bridgehead atoms. The average Bonchev–Trinajstić information content (AvgIpc) is 3.32. The minimum atomic E-state index is 0.143. The van der Waals surface area contributed by atoms with Gasteiger partial charge in [0.15, 0.2) is 11.5 Å². The van der Waals surface area contributed by atoms with Crippen molar-refractivity contribution in [2.45, 2.75) is 38.6 Å². The third-order valence-corrected chi connectivity index (χ3v) is 6.87. The van der Waals surface area contributed by atoms with Crippen LogP contribution in [0.15, 0.2) is 48.5 Å². The van der Waals surface area contributed by atoms with Crippen molar-refractivity contribution in [2.24, 2.45) is 0 Å². The van der Waals surface area contributed by atoms with Crippen molar-refractivity contribution in [3.05, 3.63) is 53.6 Å². The number of fused-ring (bicyclic) bond motifs is 1. The van der Waals surface area contributed by atoms with Crippen LogP contribution in [0.3, 0.4) is 0 Å². The van der Waals surface area contributed by atoms with Crippen LogP contribution in [0.4, 0.5) is 5.82 Å². The number of pyridine rings is 1. The van der Waals surface area contributed by atoms with Gasteiger partial charge in [0, 0.05) is 29.7 Å². The van der Waals surface area contributed by atoms with Crippen LogP contribution in [0, 0.1) is 0 Å². The number of rotatable bonds is 7. The average molecular weight is 480 g/mol. The second-order valence-corrected chi connectivity index (χ2v) is 9.45. The van der Waals surface area contributed by atoms with E-state index in [-0.39, 0.29) is 12.5 Å². The molecule has 1 atom stereocenters. The maximum atomic E-state index is 10.5. The van der Waals surface area contributed by atoms with Gasteiger partial charge in [-0.15, -0.1) is 0 Å². The third-order valence-electron chi connectivity index (χ3n) is 6.63. The maximum Gasteiger partial charge on any atom is 0.231 e. The van der Waals surface area contributed by atoms with E-state index >= 15 is 0 Å². The van der Waals surface area contributed by atoms with Crippen molar-refractivity contribution in [1.29, 1.82) is 0 Å². The first kappa shape index (κ1) is 22.8. The normalized spacial score (nSPS) is 17.6. The molecule has 3 heterocycles. The summed E-state index contributed by atoms with van der Waals surface area (Å²) in [5.41, 5.74) is 3.21. The number of aromatic nitrogens is 1. The molecule has 5 rings (SSSR count). The molecule has 3 aromatic rings. The number of phenols is 1. The van der Waals surface area contributed by atoms with Crippen molar-refractivity contribution >= 4 is 17.4 Å². The molecule has 0 aliphatic carbocycles. The first-order valence-corrected chi connectivity index (χ1v) is 12.3. The summed E-state index contributed by atoms with van der Waals surface area (Å²) in [4.78, 5) is 7.38. The monoisotopic (exact) mass is 479 g/mol. The SMILES string of the molecule is CC1CCCCN1CCCNc1cc(-c2ccc3c(c2)OCO3)cc(-c2cc(Cl)ccc2O)n1.